The Balaban J connectivity index is 2.34. The van der Waals surface area contributed by atoms with Crippen molar-refractivity contribution in [2.24, 2.45) is 5.73 Å². The molecule has 0 aliphatic rings. The smallest absolute Gasteiger partial charge is 0.0320 e. The minimum absolute atomic E-state index is 0.750. The summed E-state index contributed by atoms with van der Waals surface area (Å²) in [5.41, 5.74) is 13.4. The summed E-state index contributed by atoms with van der Waals surface area (Å²) < 4.78 is 0. The average molecular weight is 200 g/mol. The van der Waals surface area contributed by atoms with Gasteiger partial charge in [-0.1, -0.05) is 24.3 Å². The van der Waals surface area contributed by atoms with Crippen LogP contribution in [0.15, 0.2) is 36.4 Å². The van der Waals surface area contributed by atoms with Gasteiger partial charge in [0.2, 0.25) is 0 Å². The van der Waals surface area contributed by atoms with E-state index in [1.165, 1.54) is 16.3 Å². The number of nitrogens with two attached hydrogens (primary N) is 2. The van der Waals surface area contributed by atoms with Gasteiger partial charge in [-0.05, 0) is 47.9 Å². The molecule has 2 rings (SSSR count). The van der Waals surface area contributed by atoms with Gasteiger partial charge in [0.1, 0.15) is 0 Å². The molecule has 0 heterocycles. The largest absolute Gasteiger partial charge is 0.399 e. The Kier molecular flexibility index (Phi) is 2.88. The highest BCUT2D eigenvalue weighted by Gasteiger charge is 1.97. The highest BCUT2D eigenvalue weighted by molar-refractivity contribution is 5.85. The number of rotatable bonds is 3. The van der Waals surface area contributed by atoms with Crippen molar-refractivity contribution < 1.29 is 0 Å². The Morgan fingerprint density at radius 1 is 0.933 bits per heavy atom. The van der Waals surface area contributed by atoms with Crippen molar-refractivity contribution >= 4 is 16.5 Å². The van der Waals surface area contributed by atoms with Gasteiger partial charge in [-0.15, -0.1) is 0 Å². The van der Waals surface area contributed by atoms with E-state index in [1.807, 2.05) is 12.1 Å². The summed E-state index contributed by atoms with van der Waals surface area (Å²) in [6.45, 7) is 0.750. The Hall–Kier alpha value is -1.54. The Bertz CT molecular complexity index is 463. The van der Waals surface area contributed by atoms with Crippen LogP contribution in [0.5, 0.6) is 0 Å². The molecule has 0 radical (unpaired) electrons. The predicted octanol–water partition coefficient (Wildman–Crippen LogP) is 2.31. The Morgan fingerprint density at radius 2 is 1.67 bits per heavy atom. The molecule has 0 bridgehead atoms. The maximum atomic E-state index is 5.73. The van der Waals surface area contributed by atoms with Crippen LogP contribution in [0.4, 0.5) is 5.69 Å². The number of hydrogen-bond donors (Lipinski definition) is 2. The molecule has 0 spiro atoms. The third-order valence-corrected chi connectivity index (χ3v) is 2.60. The molecule has 0 unspecified atom stereocenters. The Labute approximate surface area is 89.9 Å². The molecule has 0 aliphatic carbocycles. The molecule has 4 N–H and O–H groups in total. The molecule has 2 aromatic carbocycles. The van der Waals surface area contributed by atoms with E-state index in [2.05, 4.69) is 24.3 Å². The first-order valence-electron chi connectivity index (χ1n) is 5.28. The fourth-order valence-corrected chi connectivity index (χ4v) is 1.78. The third kappa shape index (κ3) is 2.28. The van der Waals surface area contributed by atoms with Gasteiger partial charge in [0.15, 0.2) is 0 Å². The molecule has 0 amide bonds. The van der Waals surface area contributed by atoms with Gasteiger partial charge in [-0.3, -0.25) is 0 Å². The summed E-state index contributed by atoms with van der Waals surface area (Å²) in [5, 5.41) is 2.45. The lowest BCUT2D eigenvalue weighted by molar-refractivity contribution is 0.833. The van der Waals surface area contributed by atoms with E-state index in [0.29, 0.717) is 0 Å². The fraction of sp³-hybridized carbons (Fsp3) is 0.231. The summed E-state index contributed by atoms with van der Waals surface area (Å²) in [7, 11) is 0. The molecular weight excluding hydrogens is 184 g/mol. The first kappa shape index (κ1) is 9.99. The second-order valence-electron chi connectivity index (χ2n) is 3.83. The quantitative estimate of drug-likeness (QED) is 0.747. The van der Waals surface area contributed by atoms with Gasteiger partial charge in [0.25, 0.3) is 0 Å². The van der Waals surface area contributed by atoms with Crippen LogP contribution in [0, 0.1) is 0 Å². The van der Waals surface area contributed by atoms with E-state index in [4.69, 9.17) is 11.5 Å². The molecule has 0 saturated carbocycles. The highest BCUT2D eigenvalue weighted by atomic mass is 14.5. The third-order valence-electron chi connectivity index (χ3n) is 2.60. The molecule has 0 aromatic heterocycles. The van der Waals surface area contributed by atoms with Crippen molar-refractivity contribution in [3.05, 3.63) is 42.0 Å². The van der Waals surface area contributed by atoms with Crippen LogP contribution >= 0.6 is 0 Å². The Morgan fingerprint density at radius 3 is 2.47 bits per heavy atom. The topological polar surface area (TPSA) is 52.0 Å². The molecule has 0 fully saturated rings. The molecule has 0 atom stereocenters. The maximum absolute atomic E-state index is 5.73. The summed E-state index contributed by atoms with van der Waals surface area (Å²) in [6.07, 6.45) is 2.09. The number of fused-ring (bicyclic) bond motifs is 1. The summed E-state index contributed by atoms with van der Waals surface area (Å²) in [5.74, 6) is 0. The maximum Gasteiger partial charge on any atom is 0.0320 e. The SMILES string of the molecule is NCCCc1ccc2cc(N)ccc2c1. The first-order valence-corrected chi connectivity index (χ1v) is 5.28. The number of anilines is 1. The molecule has 2 aromatic rings. The molecular formula is C13H16N2. The molecule has 2 nitrogen and oxygen atoms in total. The van der Waals surface area contributed by atoms with E-state index < -0.39 is 0 Å². The van der Waals surface area contributed by atoms with Crippen molar-refractivity contribution in [1.29, 1.82) is 0 Å². The average Bonchev–Trinajstić information content (AvgIpc) is 2.26. The zero-order valence-electron chi connectivity index (χ0n) is 8.74. The monoisotopic (exact) mass is 200 g/mol. The van der Waals surface area contributed by atoms with Crippen LogP contribution in [-0.2, 0) is 6.42 Å². The zero-order valence-corrected chi connectivity index (χ0v) is 8.74. The second-order valence-corrected chi connectivity index (χ2v) is 3.83. The van der Waals surface area contributed by atoms with Crippen molar-refractivity contribution in [2.75, 3.05) is 12.3 Å². The fourth-order valence-electron chi connectivity index (χ4n) is 1.78. The molecule has 0 saturated heterocycles. The van der Waals surface area contributed by atoms with Crippen LogP contribution in [0.2, 0.25) is 0 Å². The molecule has 15 heavy (non-hydrogen) atoms. The van der Waals surface area contributed by atoms with Gasteiger partial charge in [0, 0.05) is 5.69 Å². The van der Waals surface area contributed by atoms with Gasteiger partial charge in [-0.2, -0.15) is 0 Å². The van der Waals surface area contributed by atoms with E-state index in [-0.39, 0.29) is 0 Å². The first-order chi connectivity index (χ1) is 7.29. The lowest BCUT2D eigenvalue weighted by atomic mass is 10.0. The van der Waals surface area contributed by atoms with Gasteiger partial charge in [0.05, 0.1) is 0 Å². The van der Waals surface area contributed by atoms with Gasteiger partial charge in [-0.25, -0.2) is 0 Å². The standard InChI is InChI=1S/C13H16N2/c14-7-1-2-10-3-4-12-9-13(15)6-5-11(12)8-10/h3-6,8-9H,1-2,7,14-15H2. The van der Waals surface area contributed by atoms with Crippen LogP contribution in [0.1, 0.15) is 12.0 Å². The van der Waals surface area contributed by atoms with Crippen LogP contribution in [0.25, 0.3) is 10.8 Å². The second kappa shape index (κ2) is 4.32. The van der Waals surface area contributed by atoms with Crippen LogP contribution < -0.4 is 11.5 Å². The highest BCUT2D eigenvalue weighted by Crippen LogP contribution is 2.19. The number of benzene rings is 2. The van der Waals surface area contributed by atoms with Crippen molar-refractivity contribution in [1.82, 2.24) is 0 Å². The molecule has 2 heteroatoms. The predicted molar refractivity (Wildman–Crippen MR) is 65.7 cm³/mol. The zero-order chi connectivity index (χ0) is 10.7. The summed E-state index contributed by atoms with van der Waals surface area (Å²) in [4.78, 5) is 0. The van der Waals surface area contributed by atoms with Crippen LogP contribution in [-0.4, -0.2) is 6.54 Å². The minimum Gasteiger partial charge on any atom is -0.399 e. The number of nitrogen functional groups attached to an aromatic ring is 1. The molecule has 0 aliphatic heterocycles. The minimum atomic E-state index is 0.750. The van der Waals surface area contributed by atoms with E-state index in [9.17, 15) is 0 Å². The number of aryl methyl sites for hydroxylation is 1. The number of hydrogen-bond acceptors (Lipinski definition) is 2. The van der Waals surface area contributed by atoms with E-state index >= 15 is 0 Å². The lowest BCUT2D eigenvalue weighted by Gasteiger charge is -2.03. The van der Waals surface area contributed by atoms with Gasteiger partial charge < -0.3 is 11.5 Å². The summed E-state index contributed by atoms with van der Waals surface area (Å²) >= 11 is 0. The van der Waals surface area contributed by atoms with Crippen molar-refractivity contribution in [2.45, 2.75) is 12.8 Å². The van der Waals surface area contributed by atoms with Gasteiger partial charge >= 0.3 is 0 Å². The lowest BCUT2D eigenvalue weighted by Crippen LogP contribution is -2.00. The normalized spacial score (nSPS) is 10.7. The van der Waals surface area contributed by atoms with Crippen LogP contribution in [0.3, 0.4) is 0 Å². The van der Waals surface area contributed by atoms with E-state index in [1.54, 1.807) is 0 Å². The summed E-state index contributed by atoms with van der Waals surface area (Å²) in [6, 6.07) is 12.5. The molecule has 78 valence electrons. The van der Waals surface area contributed by atoms with Crippen molar-refractivity contribution in [3.63, 3.8) is 0 Å². The van der Waals surface area contributed by atoms with E-state index in [0.717, 1.165) is 25.1 Å². The van der Waals surface area contributed by atoms with Crippen molar-refractivity contribution in [3.8, 4) is 0 Å².